The summed E-state index contributed by atoms with van der Waals surface area (Å²) < 4.78 is 0. The molecule has 0 spiro atoms. The van der Waals surface area contributed by atoms with Crippen LogP contribution in [0.1, 0.15) is 78.6 Å². The van der Waals surface area contributed by atoms with Crippen LogP contribution in [0.15, 0.2) is 0 Å². The minimum atomic E-state index is 0.818. The summed E-state index contributed by atoms with van der Waals surface area (Å²) >= 11 is 0. The van der Waals surface area contributed by atoms with Gasteiger partial charge in [-0.15, -0.1) is 0 Å². The largest absolute Gasteiger partial charge is 0.0654 e. The van der Waals surface area contributed by atoms with Gasteiger partial charge >= 0.3 is 0 Å². The molecule has 2 saturated carbocycles. The Balaban J connectivity index is 1.96. The topological polar surface area (TPSA) is 0 Å². The van der Waals surface area contributed by atoms with Crippen molar-refractivity contribution >= 4 is 0 Å². The van der Waals surface area contributed by atoms with E-state index in [2.05, 4.69) is 20.8 Å². The van der Waals surface area contributed by atoms with Crippen LogP contribution in [0.4, 0.5) is 0 Å². The second-order valence-electron chi connectivity index (χ2n) is 6.08. The Morgan fingerprint density at radius 1 is 1.07 bits per heavy atom. The second-order valence-corrected chi connectivity index (χ2v) is 6.08. The zero-order chi connectivity index (χ0) is 10.9. The standard InChI is InChI=1S/C15H28/c1-4-7-9-14(10-11-14)15(6-3)12-13(15)8-5-2/h13H,4-12H2,1-3H3. The summed E-state index contributed by atoms with van der Waals surface area (Å²) in [5.41, 5.74) is 1.65. The first-order chi connectivity index (χ1) is 7.24. The highest BCUT2D eigenvalue weighted by Crippen LogP contribution is 2.77. The van der Waals surface area contributed by atoms with Crippen molar-refractivity contribution in [3.05, 3.63) is 0 Å². The van der Waals surface area contributed by atoms with Gasteiger partial charge in [-0.05, 0) is 48.9 Å². The Morgan fingerprint density at radius 2 is 1.80 bits per heavy atom. The SMILES string of the molecule is CCCCC1(C2(CC)CC2CCC)CC1. The molecule has 0 nitrogen and oxygen atoms in total. The van der Waals surface area contributed by atoms with E-state index in [1.54, 1.807) is 19.3 Å². The molecule has 0 N–H and O–H groups in total. The van der Waals surface area contributed by atoms with Crippen LogP contribution in [0.25, 0.3) is 0 Å². The zero-order valence-corrected chi connectivity index (χ0v) is 10.9. The van der Waals surface area contributed by atoms with Crippen molar-refractivity contribution in [2.24, 2.45) is 16.7 Å². The summed E-state index contributed by atoms with van der Waals surface area (Å²) in [4.78, 5) is 0. The normalized spacial score (nSPS) is 36.6. The molecule has 2 atom stereocenters. The van der Waals surface area contributed by atoms with Crippen molar-refractivity contribution in [2.45, 2.75) is 78.6 Å². The molecule has 2 aliphatic rings. The maximum Gasteiger partial charge on any atom is -0.0212 e. The van der Waals surface area contributed by atoms with Crippen LogP contribution in [0, 0.1) is 16.7 Å². The number of unbranched alkanes of at least 4 members (excludes halogenated alkanes) is 1. The van der Waals surface area contributed by atoms with Gasteiger partial charge in [-0.1, -0.05) is 46.5 Å². The summed E-state index contributed by atoms with van der Waals surface area (Å²) in [6.07, 6.45) is 13.4. The summed E-state index contributed by atoms with van der Waals surface area (Å²) in [7, 11) is 0. The maximum atomic E-state index is 2.45. The third-order valence-corrected chi connectivity index (χ3v) is 5.42. The highest BCUT2D eigenvalue weighted by molar-refractivity contribution is 5.17. The first kappa shape index (κ1) is 11.5. The lowest BCUT2D eigenvalue weighted by atomic mass is 9.77. The minimum Gasteiger partial charge on any atom is -0.0654 e. The van der Waals surface area contributed by atoms with E-state index < -0.39 is 0 Å². The van der Waals surface area contributed by atoms with Gasteiger partial charge in [0, 0.05) is 0 Å². The summed E-state index contributed by atoms with van der Waals surface area (Å²) in [6, 6.07) is 0. The van der Waals surface area contributed by atoms with Crippen molar-refractivity contribution in [2.75, 3.05) is 0 Å². The lowest BCUT2D eigenvalue weighted by Crippen LogP contribution is -2.19. The van der Waals surface area contributed by atoms with E-state index in [4.69, 9.17) is 0 Å². The van der Waals surface area contributed by atoms with Gasteiger partial charge in [0.1, 0.15) is 0 Å². The van der Waals surface area contributed by atoms with E-state index >= 15 is 0 Å². The van der Waals surface area contributed by atoms with Crippen molar-refractivity contribution < 1.29 is 0 Å². The van der Waals surface area contributed by atoms with E-state index in [0.717, 1.165) is 16.7 Å². The molecule has 0 radical (unpaired) electrons. The Labute approximate surface area is 95.8 Å². The van der Waals surface area contributed by atoms with Gasteiger partial charge in [0.15, 0.2) is 0 Å². The fourth-order valence-electron chi connectivity index (χ4n) is 4.23. The molecule has 2 fully saturated rings. The highest BCUT2D eigenvalue weighted by Gasteiger charge is 2.68. The molecule has 88 valence electrons. The van der Waals surface area contributed by atoms with Crippen molar-refractivity contribution in [1.29, 1.82) is 0 Å². The smallest absolute Gasteiger partial charge is 0.0212 e. The van der Waals surface area contributed by atoms with Gasteiger partial charge in [0.05, 0.1) is 0 Å². The van der Waals surface area contributed by atoms with E-state index in [-0.39, 0.29) is 0 Å². The van der Waals surface area contributed by atoms with E-state index in [1.807, 2.05) is 0 Å². The summed E-state index contributed by atoms with van der Waals surface area (Å²) in [5.74, 6) is 1.10. The Kier molecular flexibility index (Phi) is 3.14. The molecule has 0 amide bonds. The molecule has 0 heteroatoms. The van der Waals surface area contributed by atoms with Gasteiger partial charge in [0.25, 0.3) is 0 Å². The molecule has 0 aliphatic heterocycles. The van der Waals surface area contributed by atoms with Gasteiger partial charge in [0.2, 0.25) is 0 Å². The zero-order valence-electron chi connectivity index (χ0n) is 10.9. The molecule has 0 heterocycles. The molecule has 2 rings (SSSR count). The van der Waals surface area contributed by atoms with Crippen LogP contribution >= 0.6 is 0 Å². The third-order valence-electron chi connectivity index (χ3n) is 5.42. The van der Waals surface area contributed by atoms with Gasteiger partial charge in [-0.25, -0.2) is 0 Å². The van der Waals surface area contributed by atoms with Crippen molar-refractivity contribution in [1.82, 2.24) is 0 Å². The minimum absolute atomic E-state index is 0.818. The molecular weight excluding hydrogens is 180 g/mol. The molecule has 2 unspecified atom stereocenters. The Bertz CT molecular complexity index is 214. The number of hydrogen-bond acceptors (Lipinski definition) is 0. The van der Waals surface area contributed by atoms with Crippen LogP contribution in [-0.4, -0.2) is 0 Å². The lowest BCUT2D eigenvalue weighted by Gasteiger charge is -2.27. The fraction of sp³-hybridized carbons (Fsp3) is 1.00. The van der Waals surface area contributed by atoms with Gasteiger partial charge < -0.3 is 0 Å². The molecular formula is C15H28. The molecule has 0 aromatic carbocycles. The van der Waals surface area contributed by atoms with Crippen LogP contribution in [0.2, 0.25) is 0 Å². The average molecular weight is 208 g/mol. The molecule has 0 saturated heterocycles. The molecule has 15 heavy (non-hydrogen) atoms. The predicted octanol–water partition coefficient (Wildman–Crippen LogP) is 5.17. The molecule has 0 aromatic heterocycles. The monoisotopic (exact) mass is 208 g/mol. The first-order valence-corrected chi connectivity index (χ1v) is 7.24. The Hall–Kier alpha value is 0. The van der Waals surface area contributed by atoms with E-state index in [9.17, 15) is 0 Å². The van der Waals surface area contributed by atoms with Crippen molar-refractivity contribution in [3.63, 3.8) is 0 Å². The van der Waals surface area contributed by atoms with Crippen molar-refractivity contribution in [3.8, 4) is 0 Å². The second kappa shape index (κ2) is 4.11. The lowest BCUT2D eigenvalue weighted by molar-refractivity contribution is 0.218. The molecule has 0 bridgehead atoms. The van der Waals surface area contributed by atoms with Crippen LogP contribution in [-0.2, 0) is 0 Å². The Morgan fingerprint density at radius 3 is 2.27 bits per heavy atom. The van der Waals surface area contributed by atoms with Gasteiger partial charge in [-0.2, -0.15) is 0 Å². The molecule has 2 aliphatic carbocycles. The van der Waals surface area contributed by atoms with Crippen LogP contribution in [0.3, 0.4) is 0 Å². The van der Waals surface area contributed by atoms with Crippen LogP contribution in [0.5, 0.6) is 0 Å². The number of rotatable bonds is 7. The maximum absolute atomic E-state index is 2.45. The summed E-state index contributed by atoms with van der Waals surface area (Å²) in [6.45, 7) is 7.14. The van der Waals surface area contributed by atoms with E-state index in [1.165, 1.54) is 38.5 Å². The third kappa shape index (κ3) is 1.74. The highest BCUT2D eigenvalue weighted by atomic mass is 14.7. The fourth-order valence-corrected chi connectivity index (χ4v) is 4.23. The number of hydrogen-bond donors (Lipinski definition) is 0. The first-order valence-electron chi connectivity index (χ1n) is 7.24. The summed E-state index contributed by atoms with van der Waals surface area (Å²) in [5, 5.41) is 0. The quantitative estimate of drug-likeness (QED) is 0.541. The average Bonchev–Trinajstić information content (AvgIpc) is 3.10. The van der Waals surface area contributed by atoms with Crippen LogP contribution < -0.4 is 0 Å². The van der Waals surface area contributed by atoms with E-state index in [0.29, 0.717) is 0 Å². The van der Waals surface area contributed by atoms with Gasteiger partial charge in [-0.3, -0.25) is 0 Å². The molecule has 0 aromatic rings. The predicted molar refractivity (Wildman–Crippen MR) is 66.9 cm³/mol.